The third kappa shape index (κ3) is 4.20. The fraction of sp³-hybridized carbons (Fsp3) is 0.333. The highest BCUT2D eigenvalue weighted by molar-refractivity contribution is 9.10. The van der Waals surface area contributed by atoms with E-state index in [1.807, 2.05) is 5.40 Å². The molecule has 6 nitrogen and oxygen atoms in total. The maximum atomic E-state index is 12.0. The van der Waals surface area contributed by atoms with Crippen LogP contribution in [0.5, 0.6) is 0 Å². The van der Waals surface area contributed by atoms with Crippen molar-refractivity contribution < 1.29 is 13.2 Å². The fourth-order valence-electron chi connectivity index (χ4n) is 2.28. The van der Waals surface area contributed by atoms with E-state index in [-0.39, 0.29) is 24.0 Å². The van der Waals surface area contributed by atoms with Gasteiger partial charge in [-0.05, 0) is 45.9 Å². The van der Waals surface area contributed by atoms with Crippen molar-refractivity contribution in [3.63, 3.8) is 0 Å². The van der Waals surface area contributed by atoms with Gasteiger partial charge < -0.3 is 4.90 Å². The van der Waals surface area contributed by atoms with Gasteiger partial charge in [0.15, 0.2) is 0 Å². The number of halogens is 1. The molecule has 1 unspecified atom stereocenters. The van der Waals surface area contributed by atoms with Crippen LogP contribution in [-0.2, 0) is 14.8 Å². The molecule has 9 heteroatoms. The lowest BCUT2D eigenvalue weighted by molar-refractivity contribution is -0.117. The van der Waals surface area contributed by atoms with Crippen LogP contribution in [0.25, 0.3) is 0 Å². The summed E-state index contributed by atoms with van der Waals surface area (Å²) in [4.78, 5) is 14.4. The molecule has 1 saturated heterocycles. The Labute approximate surface area is 135 Å². The molecular formula is C12H12BrN3O3S2. The van der Waals surface area contributed by atoms with E-state index in [9.17, 15) is 13.2 Å². The Bertz CT molecular complexity index is 715. The second-order valence-electron chi connectivity index (χ2n) is 4.71. The number of hydrogen-bond donors (Lipinski definition) is 1. The molecule has 0 aliphatic carbocycles. The Kier molecular flexibility index (Phi) is 4.93. The zero-order valence-electron chi connectivity index (χ0n) is 10.8. The SMILES string of the molecule is N#CSc1ccc(N2CC(CS(N)(=O)=O)CC2=O)c(Br)c1. The molecule has 1 aromatic carbocycles. The summed E-state index contributed by atoms with van der Waals surface area (Å²) in [6.07, 6.45) is 0.164. The summed E-state index contributed by atoms with van der Waals surface area (Å²) < 4.78 is 22.9. The highest BCUT2D eigenvalue weighted by Crippen LogP contribution is 2.34. The molecule has 21 heavy (non-hydrogen) atoms. The van der Waals surface area contributed by atoms with Crippen LogP contribution in [0.1, 0.15) is 6.42 Å². The van der Waals surface area contributed by atoms with E-state index in [1.54, 1.807) is 23.1 Å². The standard InChI is InChI=1S/C12H12BrN3O3S2/c13-10-4-9(20-7-14)1-2-11(10)16-5-8(3-12(16)17)6-21(15,18)19/h1-2,4,8H,3,5-6H2,(H2,15,18,19). The summed E-state index contributed by atoms with van der Waals surface area (Å²) in [7, 11) is -3.59. The number of hydrogen-bond acceptors (Lipinski definition) is 5. The summed E-state index contributed by atoms with van der Waals surface area (Å²) in [5.74, 6) is -0.632. The first-order valence-electron chi connectivity index (χ1n) is 5.96. The zero-order valence-corrected chi connectivity index (χ0v) is 14.0. The topological polar surface area (TPSA) is 104 Å². The smallest absolute Gasteiger partial charge is 0.227 e. The van der Waals surface area contributed by atoms with Crippen LogP contribution >= 0.6 is 27.7 Å². The normalized spacial score (nSPS) is 18.8. The number of anilines is 1. The highest BCUT2D eigenvalue weighted by atomic mass is 79.9. The molecule has 1 aromatic rings. The molecule has 0 saturated carbocycles. The van der Waals surface area contributed by atoms with Gasteiger partial charge in [-0.15, -0.1) is 0 Å². The molecule has 2 rings (SSSR count). The number of carbonyl (C=O) groups is 1. The number of thioether (sulfide) groups is 1. The molecule has 1 fully saturated rings. The number of sulfonamides is 1. The maximum absolute atomic E-state index is 12.0. The van der Waals surface area contributed by atoms with E-state index in [2.05, 4.69) is 15.9 Å². The average molecular weight is 390 g/mol. The number of nitrogens with zero attached hydrogens (tertiary/aromatic N) is 2. The third-order valence-electron chi connectivity index (χ3n) is 3.05. The van der Waals surface area contributed by atoms with Crippen molar-refractivity contribution in [1.82, 2.24) is 0 Å². The summed E-state index contributed by atoms with van der Waals surface area (Å²) in [6, 6.07) is 5.23. The number of nitriles is 1. The van der Waals surface area contributed by atoms with Gasteiger partial charge >= 0.3 is 0 Å². The molecule has 2 N–H and O–H groups in total. The van der Waals surface area contributed by atoms with Gasteiger partial charge in [0.2, 0.25) is 15.9 Å². The minimum absolute atomic E-state index is 0.134. The van der Waals surface area contributed by atoms with Crippen LogP contribution in [0.4, 0.5) is 5.69 Å². The number of carbonyl (C=O) groups excluding carboxylic acids is 1. The lowest BCUT2D eigenvalue weighted by atomic mass is 10.1. The molecular weight excluding hydrogens is 378 g/mol. The third-order valence-corrected chi connectivity index (χ3v) is 5.20. The van der Waals surface area contributed by atoms with E-state index in [1.165, 1.54) is 0 Å². The molecule has 1 aliphatic rings. The molecule has 112 valence electrons. The number of thiocyanates is 1. The number of amides is 1. The number of nitrogens with two attached hydrogens (primary N) is 1. The Hall–Kier alpha value is -1.08. The predicted molar refractivity (Wildman–Crippen MR) is 84.0 cm³/mol. The van der Waals surface area contributed by atoms with Crippen molar-refractivity contribution in [2.45, 2.75) is 11.3 Å². The van der Waals surface area contributed by atoms with Gasteiger partial charge in [0, 0.05) is 28.3 Å². The summed E-state index contributed by atoms with van der Waals surface area (Å²) in [5, 5.41) is 15.6. The lowest BCUT2D eigenvalue weighted by Crippen LogP contribution is -2.27. The van der Waals surface area contributed by atoms with Gasteiger partial charge in [-0.2, -0.15) is 5.26 Å². The van der Waals surface area contributed by atoms with E-state index in [0.717, 1.165) is 16.7 Å². The minimum atomic E-state index is -3.59. The Balaban J connectivity index is 2.19. The van der Waals surface area contributed by atoms with Crippen LogP contribution in [0, 0.1) is 16.6 Å². The van der Waals surface area contributed by atoms with Crippen LogP contribution in [0.2, 0.25) is 0 Å². The molecule has 0 spiro atoms. The van der Waals surface area contributed by atoms with E-state index < -0.39 is 10.0 Å². The van der Waals surface area contributed by atoms with E-state index in [0.29, 0.717) is 16.7 Å². The molecule has 0 aromatic heterocycles. The molecule has 0 bridgehead atoms. The molecule has 1 aliphatic heterocycles. The average Bonchev–Trinajstić information content (AvgIpc) is 2.68. The number of rotatable bonds is 4. The quantitative estimate of drug-likeness (QED) is 0.622. The zero-order chi connectivity index (χ0) is 15.6. The van der Waals surface area contributed by atoms with Gasteiger partial charge in [-0.3, -0.25) is 4.79 Å². The van der Waals surface area contributed by atoms with Crippen molar-refractivity contribution in [2.24, 2.45) is 11.1 Å². The second-order valence-corrected chi connectivity index (χ2v) is 8.08. The molecule has 1 heterocycles. The summed E-state index contributed by atoms with van der Waals surface area (Å²) >= 11 is 4.40. The first-order chi connectivity index (χ1) is 9.80. The first kappa shape index (κ1) is 16.3. The van der Waals surface area contributed by atoms with Gasteiger partial charge in [-0.25, -0.2) is 13.6 Å². The second kappa shape index (κ2) is 6.36. The Morgan fingerprint density at radius 1 is 1.52 bits per heavy atom. The van der Waals surface area contributed by atoms with Crippen LogP contribution < -0.4 is 10.0 Å². The molecule has 1 atom stereocenters. The van der Waals surface area contributed by atoms with Crippen LogP contribution in [0.3, 0.4) is 0 Å². The lowest BCUT2D eigenvalue weighted by Gasteiger charge is -2.18. The van der Waals surface area contributed by atoms with Crippen molar-refractivity contribution in [1.29, 1.82) is 5.26 Å². The summed E-state index contributed by atoms with van der Waals surface area (Å²) in [5.41, 5.74) is 0.666. The van der Waals surface area contributed by atoms with Gasteiger partial charge in [0.05, 0.1) is 11.4 Å². The Morgan fingerprint density at radius 2 is 2.24 bits per heavy atom. The molecule has 0 radical (unpaired) electrons. The van der Waals surface area contributed by atoms with Gasteiger partial charge in [0.1, 0.15) is 5.40 Å². The summed E-state index contributed by atoms with van der Waals surface area (Å²) in [6.45, 7) is 0.318. The van der Waals surface area contributed by atoms with Gasteiger partial charge in [0.25, 0.3) is 0 Å². The molecule has 1 amide bonds. The maximum Gasteiger partial charge on any atom is 0.227 e. The van der Waals surface area contributed by atoms with Crippen LogP contribution in [-0.4, -0.2) is 26.6 Å². The van der Waals surface area contributed by atoms with Crippen molar-refractivity contribution >= 4 is 49.3 Å². The predicted octanol–water partition coefficient (Wildman–Crippen LogP) is 1.66. The van der Waals surface area contributed by atoms with Crippen molar-refractivity contribution in [2.75, 3.05) is 17.2 Å². The van der Waals surface area contributed by atoms with Crippen LogP contribution in [0.15, 0.2) is 27.6 Å². The van der Waals surface area contributed by atoms with Gasteiger partial charge in [-0.1, -0.05) is 0 Å². The number of benzene rings is 1. The van der Waals surface area contributed by atoms with Crippen molar-refractivity contribution in [3.05, 3.63) is 22.7 Å². The number of primary sulfonamides is 1. The minimum Gasteiger partial charge on any atom is -0.311 e. The first-order valence-corrected chi connectivity index (χ1v) is 9.29. The van der Waals surface area contributed by atoms with E-state index in [4.69, 9.17) is 10.4 Å². The van der Waals surface area contributed by atoms with Crippen molar-refractivity contribution in [3.8, 4) is 5.40 Å². The van der Waals surface area contributed by atoms with E-state index >= 15 is 0 Å². The highest BCUT2D eigenvalue weighted by Gasteiger charge is 2.33. The fourth-order valence-corrected chi connectivity index (χ4v) is 4.32. The monoisotopic (exact) mass is 389 g/mol. The Morgan fingerprint density at radius 3 is 2.81 bits per heavy atom. The largest absolute Gasteiger partial charge is 0.311 e.